The number of nitrogens with zero attached hydrogens (tertiary/aromatic N) is 2. The normalized spacial score (nSPS) is 11.4. The Bertz CT molecular complexity index is 505. The Hall–Kier alpha value is -2.05. The number of anilines is 1. The minimum absolute atomic E-state index is 0.168. The van der Waals surface area contributed by atoms with Crippen LogP contribution in [-0.2, 0) is 16.1 Å². The summed E-state index contributed by atoms with van der Waals surface area (Å²) in [5.41, 5.74) is 5.62. The van der Waals surface area contributed by atoms with Gasteiger partial charge in [0.25, 0.3) is 0 Å². The van der Waals surface area contributed by atoms with Gasteiger partial charge in [-0.2, -0.15) is 5.10 Å². The molecule has 0 aliphatic heterocycles. The first-order valence-electron chi connectivity index (χ1n) is 5.94. The number of aryl methyl sites for hydroxylation is 2. The molecule has 7 heteroatoms. The van der Waals surface area contributed by atoms with Crippen LogP contribution >= 0.6 is 0 Å². The molecule has 1 rings (SSSR count). The molecule has 106 valence electrons. The summed E-state index contributed by atoms with van der Waals surface area (Å²) in [5.74, 6) is -1.69. The summed E-state index contributed by atoms with van der Waals surface area (Å²) in [6.07, 6.45) is 0. The first-order valence-corrected chi connectivity index (χ1v) is 5.94. The molecule has 7 nitrogen and oxygen atoms in total. The van der Waals surface area contributed by atoms with Gasteiger partial charge in [0, 0.05) is 6.54 Å². The van der Waals surface area contributed by atoms with Gasteiger partial charge in [-0.25, -0.2) is 4.79 Å². The second-order valence-corrected chi connectivity index (χ2v) is 4.93. The summed E-state index contributed by atoms with van der Waals surface area (Å²) < 4.78 is 6.48. The van der Waals surface area contributed by atoms with Crippen molar-refractivity contribution < 1.29 is 19.4 Å². The summed E-state index contributed by atoms with van der Waals surface area (Å²) in [5, 5.41) is 13.1. The van der Waals surface area contributed by atoms with E-state index in [1.165, 1.54) is 18.5 Å². The Kier molecular flexibility index (Phi) is 4.18. The topological polar surface area (TPSA) is 107 Å². The van der Waals surface area contributed by atoms with Crippen molar-refractivity contribution in [1.82, 2.24) is 9.78 Å². The molecule has 0 saturated carbocycles. The summed E-state index contributed by atoms with van der Waals surface area (Å²) >= 11 is 0. The number of carbonyl (C=O) groups is 2. The molecule has 1 aromatic heterocycles. The van der Waals surface area contributed by atoms with E-state index in [1.807, 2.05) is 6.92 Å². The number of aliphatic carboxylic acids is 1. The van der Waals surface area contributed by atoms with Crippen molar-refractivity contribution in [3.8, 4) is 0 Å². The number of hydrogen-bond donors (Lipinski definition) is 2. The van der Waals surface area contributed by atoms with Gasteiger partial charge in [0.1, 0.15) is 6.61 Å². The van der Waals surface area contributed by atoms with E-state index in [0.717, 1.165) is 0 Å². The summed E-state index contributed by atoms with van der Waals surface area (Å²) in [7, 11) is 0. The number of carboxylic acid groups (broad SMARTS) is 1. The molecule has 0 amide bonds. The quantitative estimate of drug-likeness (QED) is 0.774. The lowest BCUT2D eigenvalue weighted by Crippen LogP contribution is -2.31. The number of esters is 1. The minimum Gasteiger partial charge on any atom is -0.481 e. The molecular formula is C12H19N3O4. The predicted molar refractivity (Wildman–Crippen MR) is 68.7 cm³/mol. The highest BCUT2D eigenvalue weighted by atomic mass is 16.5. The first kappa shape index (κ1) is 15.0. The van der Waals surface area contributed by atoms with Gasteiger partial charge in [-0.15, -0.1) is 0 Å². The lowest BCUT2D eigenvalue weighted by molar-refractivity contribution is -0.149. The fourth-order valence-electron chi connectivity index (χ4n) is 1.42. The van der Waals surface area contributed by atoms with Crippen molar-refractivity contribution in [1.29, 1.82) is 0 Å². The molecule has 0 radical (unpaired) electrons. The lowest BCUT2D eigenvalue weighted by atomic mass is 9.95. The van der Waals surface area contributed by atoms with Gasteiger partial charge in [0.2, 0.25) is 0 Å². The fourth-order valence-corrected chi connectivity index (χ4v) is 1.42. The Morgan fingerprint density at radius 3 is 2.53 bits per heavy atom. The number of carboxylic acids is 1. The van der Waals surface area contributed by atoms with Crippen molar-refractivity contribution in [2.75, 3.05) is 12.3 Å². The van der Waals surface area contributed by atoms with Gasteiger partial charge in [0.05, 0.1) is 16.8 Å². The zero-order valence-corrected chi connectivity index (χ0v) is 11.6. The van der Waals surface area contributed by atoms with E-state index in [9.17, 15) is 9.59 Å². The van der Waals surface area contributed by atoms with Gasteiger partial charge < -0.3 is 15.6 Å². The van der Waals surface area contributed by atoms with E-state index < -0.39 is 17.4 Å². The zero-order valence-electron chi connectivity index (χ0n) is 11.6. The number of nitrogen functional groups attached to an aromatic ring is 1. The average Bonchev–Trinajstić information content (AvgIpc) is 2.62. The van der Waals surface area contributed by atoms with Gasteiger partial charge in [-0.3, -0.25) is 9.48 Å². The molecule has 1 heterocycles. The Balaban J connectivity index is 2.88. The number of rotatable bonds is 5. The Labute approximate surface area is 111 Å². The molecule has 0 spiro atoms. The van der Waals surface area contributed by atoms with Crippen molar-refractivity contribution in [2.24, 2.45) is 5.41 Å². The van der Waals surface area contributed by atoms with E-state index in [1.54, 1.807) is 6.92 Å². The number of aromatic nitrogens is 2. The first-order chi connectivity index (χ1) is 8.70. The van der Waals surface area contributed by atoms with Crippen LogP contribution in [0.3, 0.4) is 0 Å². The van der Waals surface area contributed by atoms with Gasteiger partial charge in [0.15, 0.2) is 5.69 Å². The molecule has 0 bridgehead atoms. The van der Waals surface area contributed by atoms with Crippen LogP contribution in [0.25, 0.3) is 0 Å². The smallest absolute Gasteiger partial charge is 0.358 e. The van der Waals surface area contributed by atoms with Gasteiger partial charge in [-0.05, 0) is 27.7 Å². The van der Waals surface area contributed by atoms with Crippen molar-refractivity contribution in [3.05, 3.63) is 11.4 Å². The molecule has 0 fully saturated rings. The molecule has 1 aromatic rings. The van der Waals surface area contributed by atoms with Crippen molar-refractivity contribution in [2.45, 2.75) is 34.2 Å². The molecule has 0 aromatic carbocycles. The molecule has 0 atom stereocenters. The number of ether oxygens (including phenoxy) is 1. The van der Waals surface area contributed by atoms with E-state index >= 15 is 0 Å². The number of hydrogen-bond acceptors (Lipinski definition) is 5. The largest absolute Gasteiger partial charge is 0.481 e. The predicted octanol–water partition coefficient (Wildman–Crippen LogP) is 1.06. The maximum Gasteiger partial charge on any atom is 0.358 e. The third-order valence-corrected chi connectivity index (χ3v) is 2.81. The third-order valence-electron chi connectivity index (χ3n) is 2.81. The summed E-state index contributed by atoms with van der Waals surface area (Å²) in [4.78, 5) is 22.9. The zero-order chi connectivity index (χ0) is 14.8. The average molecular weight is 269 g/mol. The molecule has 0 unspecified atom stereocenters. The molecule has 0 aliphatic carbocycles. The second-order valence-electron chi connectivity index (χ2n) is 4.93. The molecule has 3 N–H and O–H groups in total. The minimum atomic E-state index is -1.14. The van der Waals surface area contributed by atoms with Crippen LogP contribution in [0.15, 0.2) is 0 Å². The fraction of sp³-hybridized carbons (Fsp3) is 0.583. The van der Waals surface area contributed by atoms with Crippen LogP contribution in [0.1, 0.15) is 37.0 Å². The summed E-state index contributed by atoms with van der Waals surface area (Å²) in [6, 6.07) is 0. The monoisotopic (exact) mass is 269 g/mol. The van der Waals surface area contributed by atoms with E-state index in [-0.39, 0.29) is 18.0 Å². The van der Waals surface area contributed by atoms with Crippen LogP contribution in [0.5, 0.6) is 0 Å². The van der Waals surface area contributed by atoms with Crippen molar-refractivity contribution in [3.63, 3.8) is 0 Å². The van der Waals surface area contributed by atoms with E-state index in [2.05, 4.69) is 5.10 Å². The molecule has 19 heavy (non-hydrogen) atoms. The van der Waals surface area contributed by atoms with E-state index in [4.69, 9.17) is 15.6 Å². The number of nitrogens with two attached hydrogens (primary N) is 1. The highest BCUT2D eigenvalue weighted by molar-refractivity contribution is 5.94. The van der Waals surface area contributed by atoms with E-state index in [0.29, 0.717) is 12.2 Å². The van der Waals surface area contributed by atoms with Gasteiger partial charge >= 0.3 is 11.9 Å². The SMILES string of the molecule is CCn1nc(C)c(N)c1C(=O)OCC(C)(C)C(=O)O. The van der Waals surface area contributed by atoms with Crippen LogP contribution in [0, 0.1) is 12.3 Å². The molecular weight excluding hydrogens is 250 g/mol. The highest BCUT2D eigenvalue weighted by Gasteiger charge is 2.30. The van der Waals surface area contributed by atoms with Crippen LogP contribution in [0.2, 0.25) is 0 Å². The third kappa shape index (κ3) is 3.04. The standard InChI is InChI=1S/C12H19N3O4/c1-5-15-9(8(13)7(2)14-15)10(16)19-6-12(3,4)11(17)18/h5-6,13H2,1-4H3,(H,17,18). The maximum atomic E-state index is 12.0. The maximum absolute atomic E-state index is 12.0. The van der Waals surface area contributed by atoms with Crippen LogP contribution in [-0.4, -0.2) is 33.4 Å². The molecule has 0 saturated heterocycles. The highest BCUT2D eigenvalue weighted by Crippen LogP contribution is 2.20. The Morgan fingerprint density at radius 1 is 1.47 bits per heavy atom. The van der Waals surface area contributed by atoms with Crippen molar-refractivity contribution >= 4 is 17.6 Å². The number of carbonyl (C=O) groups excluding carboxylic acids is 1. The van der Waals surface area contributed by atoms with Crippen LogP contribution < -0.4 is 5.73 Å². The Morgan fingerprint density at radius 2 is 2.05 bits per heavy atom. The summed E-state index contributed by atoms with van der Waals surface area (Å²) in [6.45, 7) is 6.73. The second kappa shape index (κ2) is 5.29. The lowest BCUT2D eigenvalue weighted by Gasteiger charge is -2.18. The van der Waals surface area contributed by atoms with Crippen LogP contribution in [0.4, 0.5) is 5.69 Å². The van der Waals surface area contributed by atoms with Gasteiger partial charge in [-0.1, -0.05) is 0 Å². The molecule has 0 aliphatic rings.